The van der Waals surface area contributed by atoms with Crippen molar-refractivity contribution in [3.8, 4) is 0 Å². The average molecular weight is 567 g/mol. The number of benzene rings is 4. The number of aromatic nitrogens is 2. The summed E-state index contributed by atoms with van der Waals surface area (Å²) in [5.74, 6) is 0. The molecule has 0 aliphatic rings. The lowest BCUT2D eigenvalue weighted by atomic mass is 9.76. The Labute approximate surface area is 243 Å². The molecule has 4 heteroatoms. The van der Waals surface area contributed by atoms with Crippen LogP contribution >= 0.6 is 0 Å². The van der Waals surface area contributed by atoms with Gasteiger partial charge in [-0.1, -0.05) is 89.5 Å². The third-order valence-corrected chi connectivity index (χ3v) is 13.8. The Hall–Kier alpha value is -3.61. The van der Waals surface area contributed by atoms with Gasteiger partial charge in [0.2, 0.25) is 0 Å². The minimum atomic E-state index is -1.57. The Kier molecular flexibility index (Phi) is 4.79. The number of para-hydroxylation sites is 2. The molecule has 41 heavy (non-hydrogen) atoms. The highest BCUT2D eigenvalue weighted by atomic mass is 28.3. The van der Waals surface area contributed by atoms with Crippen LogP contribution in [0.1, 0.15) is 25.0 Å². The van der Waals surface area contributed by atoms with Crippen molar-refractivity contribution in [2.75, 3.05) is 0 Å². The standard InChI is InChI=1S/C37H38N2Si2/c1-37(2,23-17-27-25-13-9-11-15-31(25)38-21-33(40(3,4)5)29(19-23)35(27)38)24-18-28-26-14-10-12-16-32(26)39-22-34(41(6,7)8)30(20-24)36(28)39/h9-22H,1-8H3. The van der Waals surface area contributed by atoms with E-state index in [9.17, 15) is 0 Å². The van der Waals surface area contributed by atoms with Gasteiger partial charge < -0.3 is 8.80 Å². The Morgan fingerprint density at radius 2 is 0.854 bits per heavy atom. The third-order valence-electron chi connectivity index (χ3n) is 9.77. The molecule has 0 unspecified atom stereocenters. The number of nitrogens with zero attached hydrogens (tertiary/aromatic N) is 2. The number of hydrogen-bond acceptors (Lipinski definition) is 0. The third kappa shape index (κ3) is 3.29. The van der Waals surface area contributed by atoms with Crippen LogP contribution in [0.25, 0.3) is 54.4 Å². The normalized spacial score (nSPS) is 13.9. The van der Waals surface area contributed by atoms with Gasteiger partial charge in [-0.3, -0.25) is 0 Å². The Morgan fingerprint density at radius 1 is 0.488 bits per heavy atom. The number of rotatable bonds is 4. The van der Waals surface area contributed by atoms with Gasteiger partial charge in [-0.25, -0.2) is 0 Å². The molecule has 0 spiro atoms. The van der Waals surface area contributed by atoms with Crippen molar-refractivity contribution < 1.29 is 0 Å². The van der Waals surface area contributed by atoms with E-state index >= 15 is 0 Å². The van der Waals surface area contributed by atoms with Crippen molar-refractivity contribution in [2.24, 2.45) is 0 Å². The molecule has 2 nitrogen and oxygen atoms in total. The quantitative estimate of drug-likeness (QED) is 0.188. The molecule has 204 valence electrons. The molecule has 0 saturated heterocycles. The molecule has 4 aromatic heterocycles. The number of hydrogen-bond donors (Lipinski definition) is 0. The summed E-state index contributed by atoms with van der Waals surface area (Å²) in [5, 5.41) is 11.5. The van der Waals surface area contributed by atoms with Gasteiger partial charge in [0.05, 0.1) is 38.2 Å². The largest absolute Gasteiger partial charge is 0.315 e. The predicted molar refractivity (Wildman–Crippen MR) is 185 cm³/mol. The van der Waals surface area contributed by atoms with Crippen molar-refractivity contribution in [3.63, 3.8) is 0 Å². The van der Waals surface area contributed by atoms with Crippen molar-refractivity contribution in [3.05, 3.63) is 96.3 Å². The van der Waals surface area contributed by atoms with Crippen LogP contribution in [-0.2, 0) is 5.41 Å². The molecule has 0 atom stereocenters. The molecule has 4 heterocycles. The van der Waals surface area contributed by atoms with Gasteiger partial charge >= 0.3 is 0 Å². The van der Waals surface area contributed by atoms with Gasteiger partial charge in [0.25, 0.3) is 0 Å². The molecule has 0 amide bonds. The number of fused-ring (bicyclic) bond motifs is 6. The van der Waals surface area contributed by atoms with E-state index in [1.807, 2.05) is 0 Å². The van der Waals surface area contributed by atoms with Crippen LogP contribution in [0.3, 0.4) is 0 Å². The molecular formula is C37H38N2Si2. The van der Waals surface area contributed by atoms with Crippen LogP contribution in [-0.4, -0.2) is 24.9 Å². The average Bonchev–Trinajstić information content (AvgIpc) is 3.66. The lowest BCUT2D eigenvalue weighted by Gasteiger charge is -2.28. The molecule has 0 saturated carbocycles. The maximum Gasteiger partial charge on any atom is 0.0804 e. The Balaban J connectivity index is 1.46. The lowest BCUT2D eigenvalue weighted by Crippen LogP contribution is -2.37. The summed E-state index contributed by atoms with van der Waals surface area (Å²) in [7, 11) is -3.14. The second-order valence-electron chi connectivity index (χ2n) is 14.8. The van der Waals surface area contributed by atoms with Gasteiger partial charge in [-0.05, 0) is 57.9 Å². The van der Waals surface area contributed by atoms with E-state index in [4.69, 9.17) is 0 Å². The van der Waals surface area contributed by atoms with Crippen molar-refractivity contribution in [1.82, 2.24) is 8.80 Å². The van der Waals surface area contributed by atoms with E-state index in [0.29, 0.717) is 0 Å². The highest BCUT2D eigenvalue weighted by molar-refractivity contribution is 6.91. The van der Waals surface area contributed by atoms with Gasteiger partial charge in [0.1, 0.15) is 0 Å². The molecule has 0 aliphatic heterocycles. The minimum absolute atomic E-state index is 0.165. The van der Waals surface area contributed by atoms with E-state index in [1.165, 1.54) is 65.5 Å². The first-order valence-corrected chi connectivity index (χ1v) is 22.0. The van der Waals surface area contributed by atoms with Crippen LogP contribution in [0.2, 0.25) is 39.3 Å². The van der Waals surface area contributed by atoms with E-state index < -0.39 is 16.1 Å². The summed E-state index contributed by atoms with van der Waals surface area (Å²) in [6, 6.07) is 28.0. The van der Waals surface area contributed by atoms with Gasteiger partial charge in [0.15, 0.2) is 0 Å². The highest BCUT2D eigenvalue weighted by Crippen LogP contribution is 2.42. The predicted octanol–water partition coefficient (Wildman–Crippen LogP) is 9.10. The second kappa shape index (κ2) is 7.81. The maximum atomic E-state index is 2.54. The first-order valence-electron chi connectivity index (χ1n) is 15.0. The van der Waals surface area contributed by atoms with Crippen LogP contribution in [0.5, 0.6) is 0 Å². The van der Waals surface area contributed by atoms with Gasteiger partial charge in [-0.2, -0.15) is 0 Å². The Bertz CT molecular complexity index is 2140. The fourth-order valence-corrected chi connectivity index (χ4v) is 10.5. The zero-order chi connectivity index (χ0) is 28.6. The minimum Gasteiger partial charge on any atom is -0.315 e. The van der Waals surface area contributed by atoms with Crippen LogP contribution in [0, 0.1) is 0 Å². The zero-order valence-electron chi connectivity index (χ0n) is 25.5. The lowest BCUT2D eigenvalue weighted by molar-refractivity contribution is 0.644. The summed E-state index contributed by atoms with van der Waals surface area (Å²) < 4.78 is 4.94. The first kappa shape index (κ1) is 25.1. The molecule has 0 aliphatic carbocycles. The van der Waals surface area contributed by atoms with E-state index in [1.54, 1.807) is 10.4 Å². The molecule has 0 fully saturated rings. The molecule has 4 aromatic carbocycles. The summed E-state index contributed by atoms with van der Waals surface area (Å²) in [6.07, 6.45) is 4.91. The Morgan fingerprint density at radius 3 is 1.24 bits per heavy atom. The van der Waals surface area contributed by atoms with Crippen LogP contribution < -0.4 is 10.4 Å². The van der Waals surface area contributed by atoms with E-state index in [-0.39, 0.29) is 5.41 Å². The van der Waals surface area contributed by atoms with Gasteiger partial charge in [0, 0.05) is 50.1 Å². The van der Waals surface area contributed by atoms with E-state index in [0.717, 1.165) is 0 Å². The smallest absolute Gasteiger partial charge is 0.0804 e. The molecule has 0 bridgehead atoms. The SMILES string of the molecule is CC(C)(c1cc2c([Si](C)(C)C)cn3c4ccccc4c(c1)c23)c1cc2c([Si](C)(C)C)cn3c4ccccc4c(c1)c23. The maximum absolute atomic E-state index is 2.54. The monoisotopic (exact) mass is 566 g/mol. The van der Waals surface area contributed by atoms with Gasteiger partial charge in [-0.15, -0.1) is 0 Å². The summed E-state index contributed by atoms with van der Waals surface area (Å²) in [4.78, 5) is 0. The second-order valence-corrected chi connectivity index (χ2v) is 24.9. The molecular weight excluding hydrogens is 529 g/mol. The fraction of sp³-hybridized carbons (Fsp3) is 0.243. The topological polar surface area (TPSA) is 8.82 Å². The summed E-state index contributed by atoms with van der Waals surface area (Å²) >= 11 is 0. The molecule has 8 rings (SSSR count). The summed E-state index contributed by atoms with van der Waals surface area (Å²) in [6.45, 7) is 19.7. The van der Waals surface area contributed by atoms with Crippen molar-refractivity contribution >= 4 is 80.9 Å². The zero-order valence-corrected chi connectivity index (χ0v) is 27.5. The van der Waals surface area contributed by atoms with E-state index in [2.05, 4.69) is 147 Å². The first-order chi connectivity index (χ1) is 19.4. The highest BCUT2D eigenvalue weighted by Gasteiger charge is 2.32. The molecule has 8 aromatic rings. The van der Waals surface area contributed by atoms with Crippen LogP contribution in [0.15, 0.2) is 85.2 Å². The fourth-order valence-electron chi connectivity index (χ4n) is 7.42. The van der Waals surface area contributed by atoms with Crippen LogP contribution in [0.4, 0.5) is 0 Å². The molecule has 0 N–H and O–H groups in total. The molecule has 0 radical (unpaired) electrons. The van der Waals surface area contributed by atoms with Crippen molar-refractivity contribution in [1.29, 1.82) is 0 Å². The van der Waals surface area contributed by atoms with Crippen molar-refractivity contribution in [2.45, 2.75) is 58.5 Å². The summed E-state index contributed by atoms with van der Waals surface area (Å²) in [5.41, 5.74) is 8.07.